The molecule has 0 heterocycles. The van der Waals surface area contributed by atoms with Crippen LogP contribution < -0.4 is 9.47 Å². The molecular formula is C14H21O2. The molecule has 0 aliphatic rings. The number of aryl methyl sites for hydroxylation is 1. The van der Waals surface area contributed by atoms with Crippen LogP contribution in [0.5, 0.6) is 11.5 Å². The molecule has 1 aromatic rings. The fourth-order valence-corrected chi connectivity index (χ4v) is 1.96. The first-order valence-electron chi connectivity index (χ1n) is 5.47. The van der Waals surface area contributed by atoms with Gasteiger partial charge in [0.1, 0.15) is 11.5 Å². The summed E-state index contributed by atoms with van der Waals surface area (Å²) in [6, 6.07) is 3.38. The van der Waals surface area contributed by atoms with E-state index in [2.05, 4.69) is 26.8 Å². The molecule has 0 saturated heterocycles. The number of benzene rings is 1. The standard InChI is InChI=1S/C14H21O2/c1-9-8-11(14(3,4)5)13(16-7)10(2)12(9)15-6/h1-7H3. The molecule has 0 saturated carbocycles. The van der Waals surface area contributed by atoms with Crippen LogP contribution in [0.3, 0.4) is 0 Å². The average Bonchev–Trinajstić information content (AvgIpc) is 2.16. The molecule has 1 rings (SSSR count). The lowest BCUT2D eigenvalue weighted by Gasteiger charge is -2.25. The highest BCUT2D eigenvalue weighted by atomic mass is 16.5. The summed E-state index contributed by atoms with van der Waals surface area (Å²) in [6.07, 6.45) is 0. The molecule has 2 nitrogen and oxygen atoms in total. The maximum Gasteiger partial charge on any atom is 0.129 e. The number of methoxy groups -OCH3 is 2. The first-order valence-corrected chi connectivity index (χ1v) is 5.47. The van der Waals surface area contributed by atoms with E-state index in [-0.39, 0.29) is 5.41 Å². The van der Waals surface area contributed by atoms with Crippen LogP contribution in [0.1, 0.15) is 37.5 Å². The van der Waals surface area contributed by atoms with E-state index in [4.69, 9.17) is 9.47 Å². The molecule has 0 fully saturated rings. The van der Waals surface area contributed by atoms with Gasteiger partial charge in [0.25, 0.3) is 0 Å². The molecular weight excluding hydrogens is 200 g/mol. The van der Waals surface area contributed by atoms with Gasteiger partial charge in [0.05, 0.1) is 14.2 Å². The van der Waals surface area contributed by atoms with Crippen molar-refractivity contribution in [3.63, 3.8) is 0 Å². The molecule has 89 valence electrons. The molecule has 1 radical (unpaired) electrons. The van der Waals surface area contributed by atoms with Gasteiger partial charge in [-0.2, -0.15) is 0 Å². The smallest absolute Gasteiger partial charge is 0.129 e. The van der Waals surface area contributed by atoms with Crippen LogP contribution in [0, 0.1) is 19.9 Å². The van der Waals surface area contributed by atoms with Crippen molar-refractivity contribution in [3.8, 4) is 11.5 Å². The first kappa shape index (κ1) is 12.9. The van der Waals surface area contributed by atoms with Crippen molar-refractivity contribution < 1.29 is 9.47 Å². The fourth-order valence-electron chi connectivity index (χ4n) is 1.96. The molecule has 2 heteroatoms. The van der Waals surface area contributed by atoms with E-state index in [1.54, 1.807) is 14.2 Å². The van der Waals surface area contributed by atoms with E-state index in [1.807, 2.05) is 13.8 Å². The number of ether oxygens (including phenoxy) is 2. The van der Waals surface area contributed by atoms with E-state index < -0.39 is 0 Å². The van der Waals surface area contributed by atoms with E-state index in [0.29, 0.717) is 0 Å². The van der Waals surface area contributed by atoms with Gasteiger partial charge < -0.3 is 9.47 Å². The molecule has 0 N–H and O–H groups in total. The van der Waals surface area contributed by atoms with Crippen molar-refractivity contribution in [2.24, 2.45) is 0 Å². The van der Waals surface area contributed by atoms with Crippen molar-refractivity contribution in [3.05, 3.63) is 22.8 Å². The topological polar surface area (TPSA) is 18.5 Å². The fraction of sp³-hybridized carbons (Fsp3) is 0.571. The van der Waals surface area contributed by atoms with E-state index in [0.717, 1.165) is 28.2 Å². The van der Waals surface area contributed by atoms with Crippen molar-refractivity contribution >= 4 is 0 Å². The molecule has 0 spiro atoms. The Bertz CT molecular complexity index is 387. The number of hydrogen-bond donors (Lipinski definition) is 0. The van der Waals surface area contributed by atoms with E-state index in [1.165, 1.54) is 0 Å². The zero-order valence-corrected chi connectivity index (χ0v) is 11.3. The van der Waals surface area contributed by atoms with Crippen LogP contribution in [0.15, 0.2) is 0 Å². The lowest BCUT2D eigenvalue weighted by atomic mass is 9.84. The quantitative estimate of drug-likeness (QED) is 0.762. The molecule has 0 amide bonds. The van der Waals surface area contributed by atoms with Gasteiger partial charge in [-0.3, -0.25) is 0 Å². The summed E-state index contributed by atoms with van der Waals surface area (Å²) >= 11 is 0. The Morgan fingerprint density at radius 2 is 1.44 bits per heavy atom. The second-order valence-electron chi connectivity index (χ2n) is 5.07. The molecule has 0 aromatic heterocycles. The van der Waals surface area contributed by atoms with Crippen LogP contribution in [-0.4, -0.2) is 14.2 Å². The van der Waals surface area contributed by atoms with Gasteiger partial charge in [0.2, 0.25) is 0 Å². The van der Waals surface area contributed by atoms with Crippen LogP contribution >= 0.6 is 0 Å². The van der Waals surface area contributed by atoms with Gasteiger partial charge in [-0.1, -0.05) is 20.8 Å². The van der Waals surface area contributed by atoms with Crippen LogP contribution in [-0.2, 0) is 5.41 Å². The summed E-state index contributed by atoms with van der Waals surface area (Å²) in [5, 5.41) is 0. The van der Waals surface area contributed by atoms with Crippen LogP contribution in [0.2, 0.25) is 0 Å². The summed E-state index contributed by atoms with van der Waals surface area (Å²) < 4.78 is 10.9. The van der Waals surface area contributed by atoms with Crippen LogP contribution in [0.25, 0.3) is 0 Å². The predicted molar refractivity (Wildman–Crippen MR) is 66.6 cm³/mol. The highest BCUT2D eigenvalue weighted by molar-refractivity contribution is 5.54. The lowest BCUT2D eigenvalue weighted by Crippen LogP contribution is -2.15. The zero-order valence-electron chi connectivity index (χ0n) is 11.3. The Hall–Kier alpha value is -1.18. The minimum absolute atomic E-state index is 0.0210. The SMILES string of the molecule is COc1c(C)[c]c(C(C)(C)C)c(OC)c1C. The number of rotatable bonds is 2. The summed E-state index contributed by atoms with van der Waals surface area (Å²) in [7, 11) is 3.37. The molecule has 1 aromatic carbocycles. The molecule has 0 bridgehead atoms. The summed E-state index contributed by atoms with van der Waals surface area (Å²) in [6.45, 7) is 10.5. The van der Waals surface area contributed by atoms with Gasteiger partial charge in [0, 0.05) is 11.1 Å². The van der Waals surface area contributed by atoms with E-state index >= 15 is 0 Å². The molecule has 0 atom stereocenters. The molecule has 0 aliphatic carbocycles. The molecule has 0 unspecified atom stereocenters. The first-order chi connectivity index (χ1) is 7.32. The van der Waals surface area contributed by atoms with Crippen molar-refractivity contribution in [1.29, 1.82) is 0 Å². The lowest BCUT2D eigenvalue weighted by molar-refractivity contribution is 0.375. The summed E-state index contributed by atoms with van der Waals surface area (Å²) in [5.41, 5.74) is 3.20. The summed E-state index contributed by atoms with van der Waals surface area (Å²) in [4.78, 5) is 0. The van der Waals surface area contributed by atoms with Crippen LogP contribution in [0.4, 0.5) is 0 Å². The Kier molecular flexibility index (Phi) is 3.51. The van der Waals surface area contributed by atoms with Crippen molar-refractivity contribution in [2.75, 3.05) is 14.2 Å². The summed E-state index contributed by atoms with van der Waals surface area (Å²) in [5.74, 6) is 1.75. The van der Waals surface area contributed by atoms with Crippen molar-refractivity contribution in [2.45, 2.75) is 40.0 Å². The van der Waals surface area contributed by atoms with Crippen molar-refractivity contribution in [1.82, 2.24) is 0 Å². The largest absolute Gasteiger partial charge is 0.496 e. The highest BCUT2D eigenvalue weighted by Crippen LogP contribution is 2.39. The third kappa shape index (κ3) is 2.16. The molecule has 16 heavy (non-hydrogen) atoms. The third-order valence-corrected chi connectivity index (χ3v) is 2.72. The predicted octanol–water partition coefficient (Wildman–Crippen LogP) is 3.42. The minimum atomic E-state index is 0.0210. The van der Waals surface area contributed by atoms with E-state index in [9.17, 15) is 0 Å². The zero-order chi connectivity index (χ0) is 12.5. The monoisotopic (exact) mass is 221 g/mol. The highest BCUT2D eigenvalue weighted by Gasteiger charge is 2.23. The molecule has 0 aliphatic heterocycles. The van der Waals surface area contributed by atoms with Gasteiger partial charge in [0.15, 0.2) is 0 Å². The average molecular weight is 221 g/mol. The Morgan fingerprint density at radius 1 is 0.938 bits per heavy atom. The maximum absolute atomic E-state index is 5.49. The third-order valence-electron chi connectivity index (χ3n) is 2.72. The minimum Gasteiger partial charge on any atom is -0.496 e. The Balaban J connectivity index is 3.53. The van der Waals surface area contributed by atoms with Gasteiger partial charge in [-0.05, 0) is 30.9 Å². The van der Waals surface area contributed by atoms with Gasteiger partial charge in [-0.15, -0.1) is 0 Å². The number of hydrogen-bond acceptors (Lipinski definition) is 2. The maximum atomic E-state index is 5.49. The van der Waals surface area contributed by atoms with Gasteiger partial charge >= 0.3 is 0 Å². The Labute approximate surface area is 98.6 Å². The normalized spacial score (nSPS) is 11.4. The Morgan fingerprint density at radius 3 is 1.81 bits per heavy atom. The second-order valence-corrected chi connectivity index (χ2v) is 5.07. The second kappa shape index (κ2) is 4.36. The van der Waals surface area contributed by atoms with Gasteiger partial charge in [-0.25, -0.2) is 0 Å².